The van der Waals surface area contributed by atoms with Crippen LogP contribution >= 0.6 is 0 Å². The van der Waals surface area contributed by atoms with E-state index < -0.39 is 34.0 Å². The molecule has 0 aliphatic carbocycles. The van der Waals surface area contributed by atoms with Gasteiger partial charge < -0.3 is 25.7 Å². The highest BCUT2D eigenvalue weighted by atomic mass is 32.2. The van der Waals surface area contributed by atoms with Crippen molar-refractivity contribution in [3.63, 3.8) is 0 Å². The van der Waals surface area contributed by atoms with E-state index in [2.05, 4.69) is 15.2 Å². The molecule has 13 nitrogen and oxygen atoms in total. The van der Waals surface area contributed by atoms with E-state index in [9.17, 15) is 32.0 Å². The van der Waals surface area contributed by atoms with Gasteiger partial charge in [0.2, 0.25) is 0 Å². The van der Waals surface area contributed by atoms with E-state index in [1.54, 1.807) is 18.6 Å². The van der Waals surface area contributed by atoms with E-state index in [1.165, 1.54) is 12.1 Å². The van der Waals surface area contributed by atoms with Crippen molar-refractivity contribution in [3.8, 4) is 0 Å². The summed E-state index contributed by atoms with van der Waals surface area (Å²) in [4.78, 5) is 56.4. The molecular formula is C27H36FN7O6S. The first-order chi connectivity index (χ1) is 19.9. The third-order valence-electron chi connectivity index (χ3n) is 6.90. The number of benzene rings is 1. The first-order valence-electron chi connectivity index (χ1n) is 13.4. The van der Waals surface area contributed by atoms with Gasteiger partial charge in [0.25, 0.3) is 11.8 Å². The Hall–Kier alpha value is -3.92. The van der Waals surface area contributed by atoms with Gasteiger partial charge in [-0.1, -0.05) is 13.8 Å². The van der Waals surface area contributed by atoms with Crippen LogP contribution < -0.4 is 25.4 Å². The lowest BCUT2D eigenvalue weighted by Gasteiger charge is -2.18. The second-order valence-corrected chi connectivity index (χ2v) is 11.1. The third-order valence-corrected chi connectivity index (χ3v) is 7.95. The molecule has 0 bridgehead atoms. The summed E-state index contributed by atoms with van der Waals surface area (Å²) >= 11 is 0. The molecule has 1 unspecified atom stereocenters. The van der Waals surface area contributed by atoms with Crippen molar-refractivity contribution in [1.82, 2.24) is 24.6 Å². The van der Waals surface area contributed by atoms with Crippen LogP contribution in [0.25, 0.3) is 11.6 Å². The summed E-state index contributed by atoms with van der Waals surface area (Å²) in [5.41, 5.74) is 7.11. The van der Waals surface area contributed by atoms with Crippen LogP contribution in [0.5, 0.6) is 0 Å². The minimum Gasteiger partial charge on any atom is -0.358 e. The second-order valence-electron chi connectivity index (χ2n) is 9.65. The molecule has 4 amide bonds. The van der Waals surface area contributed by atoms with Crippen molar-refractivity contribution in [3.05, 3.63) is 52.1 Å². The number of hydrogen-bond acceptors (Lipinski definition) is 8. The van der Waals surface area contributed by atoms with Crippen molar-refractivity contribution >= 4 is 51.7 Å². The summed E-state index contributed by atoms with van der Waals surface area (Å²) in [6.07, 6.45) is 1.71. The van der Waals surface area contributed by atoms with Crippen LogP contribution in [-0.2, 0) is 19.8 Å². The number of urea groups is 1. The first-order valence-corrected chi connectivity index (χ1v) is 14.9. The number of hydrogen-bond donors (Lipinski definition) is 5. The molecule has 0 spiro atoms. The Morgan fingerprint density at radius 1 is 1.21 bits per heavy atom. The number of likely N-dealkylation sites (N-methyl/N-ethyl adjacent to an activating group) is 1. The molecule has 0 saturated heterocycles. The molecule has 6 N–H and O–H groups in total. The van der Waals surface area contributed by atoms with Crippen molar-refractivity contribution in [2.45, 2.75) is 40.2 Å². The number of fused-ring (bicyclic) bond motifs is 1. The number of carbonyl (C=O) groups excluding carboxylic acids is 4. The Balaban J connectivity index is 1.91. The molecule has 3 rings (SSSR count). The highest BCUT2D eigenvalue weighted by molar-refractivity contribution is 7.88. The second kappa shape index (κ2) is 13.8. The van der Waals surface area contributed by atoms with Gasteiger partial charge in [-0.2, -0.15) is 13.1 Å². The van der Waals surface area contributed by atoms with Gasteiger partial charge in [0.15, 0.2) is 0 Å². The number of nitrogens with zero attached hydrogens (tertiary/aromatic N) is 2. The maximum atomic E-state index is 14.3. The van der Waals surface area contributed by atoms with E-state index >= 15 is 0 Å². The number of nitrogens with one attached hydrogen (secondary N) is 4. The lowest BCUT2D eigenvalue weighted by Crippen LogP contribution is -2.51. The fraction of sp³-hybridized carbons (Fsp3) is 0.407. The SMILES string of the molecule is CCN(CC)CCNC(=O)c1c(C)[nH]c(/C=C2\C(=O)N(C(=O)NS(=O)(=O)NC(C=O)CCN)c3ccc(F)cc32)c1C. The number of anilines is 1. The van der Waals surface area contributed by atoms with Gasteiger partial charge in [-0.3, -0.25) is 9.59 Å². The number of rotatable bonds is 13. The lowest BCUT2D eigenvalue weighted by molar-refractivity contribution is -0.112. The number of aryl methyl sites for hydroxylation is 1. The van der Waals surface area contributed by atoms with Gasteiger partial charge in [-0.15, -0.1) is 0 Å². The van der Waals surface area contributed by atoms with E-state index in [-0.39, 0.29) is 35.7 Å². The average molecular weight is 606 g/mol. The third kappa shape index (κ3) is 7.28. The molecule has 1 aromatic heterocycles. The van der Waals surface area contributed by atoms with E-state index in [4.69, 9.17) is 5.73 Å². The van der Waals surface area contributed by atoms with Gasteiger partial charge in [-0.05, 0) is 69.7 Å². The number of aldehydes is 1. The van der Waals surface area contributed by atoms with Crippen molar-refractivity contribution < 1.29 is 32.0 Å². The summed E-state index contributed by atoms with van der Waals surface area (Å²) in [7, 11) is -4.57. The topological polar surface area (TPSA) is 187 Å². The van der Waals surface area contributed by atoms with E-state index in [1.807, 2.05) is 18.6 Å². The molecule has 1 aromatic carbocycles. The number of aromatic nitrogens is 1. The minimum atomic E-state index is -4.57. The highest BCUT2D eigenvalue weighted by Crippen LogP contribution is 2.39. The molecule has 0 saturated carbocycles. The standard InChI is InChI=1S/C27H36FN7O6S/c1-5-34(6-2)12-11-30-25(37)24-16(3)22(31-17(24)4)14-21-20-13-18(28)7-8-23(20)35(26(21)38)27(39)33-42(40,41)32-19(15-36)9-10-29/h7-8,13-15,19,31-32H,5-6,9-12,29H2,1-4H3,(H,30,37)(H,33,39)/b21-14-. The Morgan fingerprint density at radius 2 is 1.90 bits per heavy atom. The number of halogens is 1. The zero-order valence-electron chi connectivity index (χ0n) is 23.9. The Bertz CT molecular complexity index is 1500. The van der Waals surface area contributed by atoms with Gasteiger partial charge >= 0.3 is 16.2 Å². The molecular weight excluding hydrogens is 569 g/mol. The molecule has 2 heterocycles. The number of aromatic amines is 1. The molecule has 42 heavy (non-hydrogen) atoms. The van der Waals surface area contributed by atoms with Crippen LogP contribution in [0.2, 0.25) is 0 Å². The van der Waals surface area contributed by atoms with Crippen LogP contribution in [-0.4, -0.2) is 81.2 Å². The van der Waals surface area contributed by atoms with Crippen LogP contribution in [0.15, 0.2) is 18.2 Å². The number of amides is 4. The number of H-pyrrole nitrogens is 1. The maximum absolute atomic E-state index is 14.3. The normalized spacial score (nSPS) is 14.8. The molecule has 1 atom stereocenters. The zero-order valence-corrected chi connectivity index (χ0v) is 24.7. The molecule has 0 radical (unpaired) electrons. The zero-order chi connectivity index (χ0) is 31.2. The average Bonchev–Trinajstić information content (AvgIpc) is 3.36. The van der Waals surface area contributed by atoms with Crippen molar-refractivity contribution in [1.29, 1.82) is 0 Å². The summed E-state index contributed by atoms with van der Waals surface area (Å²) in [5, 5.41) is 2.90. The largest absolute Gasteiger partial charge is 0.358 e. The van der Waals surface area contributed by atoms with Crippen LogP contribution in [0.4, 0.5) is 14.9 Å². The maximum Gasteiger partial charge on any atom is 0.343 e. The molecule has 1 aliphatic rings. The van der Waals surface area contributed by atoms with Crippen molar-refractivity contribution in [2.75, 3.05) is 37.6 Å². The van der Waals surface area contributed by atoms with Gasteiger partial charge in [-0.25, -0.2) is 18.8 Å². The summed E-state index contributed by atoms with van der Waals surface area (Å²) in [6, 6.07) is 0.723. The fourth-order valence-corrected chi connectivity index (χ4v) is 5.64. The predicted octanol–water partition coefficient (Wildman–Crippen LogP) is 1.19. The minimum absolute atomic E-state index is 0.00883. The monoisotopic (exact) mass is 605 g/mol. The summed E-state index contributed by atoms with van der Waals surface area (Å²) < 4.78 is 42.9. The van der Waals surface area contributed by atoms with Gasteiger partial charge in [0, 0.05) is 30.0 Å². The summed E-state index contributed by atoms with van der Waals surface area (Å²) in [5.74, 6) is -1.91. The molecule has 15 heteroatoms. The van der Waals surface area contributed by atoms with Crippen LogP contribution in [0.1, 0.15) is 53.1 Å². The lowest BCUT2D eigenvalue weighted by atomic mass is 10.0. The Morgan fingerprint density at radius 3 is 2.52 bits per heavy atom. The van der Waals surface area contributed by atoms with Crippen LogP contribution in [0, 0.1) is 19.7 Å². The number of nitrogens with two attached hydrogens (primary N) is 1. The molecule has 0 fully saturated rings. The molecule has 2 aromatic rings. The molecule has 1 aliphatic heterocycles. The summed E-state index contributed by atoms with van der Waals surface area (Å²) in [6.45, 7) is 10.3. The predicted molar refractivity (Wildman–Crippen MR) is 156 cm³/mol. The first kappa shape index (κ1) is 32.6. The number of carbonyl (C=O) groups is 4. The highest BCUT2D eigenvalue weighted by Gasteiger charge is 2.39. The van der Waals surface area contributed by atoms with Gasteiger partial charge in [0.1, 0.15) is 12.1 Å². The smallest absolute Gasteiger partial charge is 0.343 e. The van der Waals surface area contributed by atoms with Crippen LogP contribution in [0.3, 0.4) is 0 Å². The van der Waals surface area contributed by atoms with Gasteiger partial charge in [0.05, 0.1) is 22.9 Å². The molecule has 228 valence electrons. The van der Waals surface area contributed by atoms with Crippen molar-refractivity contribution in [2.24, 2.45) is 5.73 Å². The Kier molecular flexibility index (Phi) is 10.7. The number of imide groups is 1. The quantitative estimate of drug-likeness (QED) is 0.166. The Labute approximate surface area is 243 Å². The fourth-order valence-electron chi connectivity index (χ4n) is 4.69. The van der Waals surface area contributed by atoms with E-state index in [0.29, 0.717) is 46.8 Å². The van der Waals surface area contributed by atoms with E-state index in [0.717, 1.165) is 25.2 Å².